The minimum Gasteiger partial charge on any atom is -0.392 e. The number of fused-ring (bicyclic) bond motifs is 1. The Hall–Kier alpha value is -2.21. The molecule has 3 aliphatic heterocycles. The maximum atomic E-state index is 14.0. The van der Waals surface area contributed by atoms with Crippen molar-refractivity contribution in [1.29, 1.82) is 0 Å². The minimum atomic E-state index is -4.65. The number of benzene rings is 1. The number of amides is 1. The number of carbonyl (C=O) groups is 1. The smallest absolute Gasteiger partial charge is 0.392 e. The van der Waals surface area contributed by atoms with E-state index in [0.29, 0.717) is 81.3 Å². The summed E-state index contributed by atoms with van der Waals surface area (Å²) in [6.07, 6.45) is -3.87. The molecule has 0 saturated carbocycles. The van der Waals surface area contributed by atoms with Crippen LogP contribution in [0.4, 0.5) is 13.2 Å². The number of likely N-dealkylation sites (tertiary alicyclic amines) is 1. The second-order valence-electron chi connectivity index (χ2n) is 11.1. The Bertz CT molecular complexity index is 1430. The van der Waals surface area contributed by atoms with Gasteiger partial charge in [-0.15, -0.1) is 11.8 Å². The number of aromatic nitrogens is 2. The number of hydrogen-bond donors (Lipinski definition) is 2. The highest BCUT2D eigenvalue weighted by Gasteiger charge is 2.35. The van der Waals surface area contributed by atoms with E-state index < -0.39 is 34.0 Å². The third-order valence-corrected chi connectivity index (χ3v) is 10.2. The minimum absolute atomic E-state index is 0.00305. The quantitative estimate of drug-likeness (QED) is 0.387. The number of aliphatic hydroxyl groups excluding tert-OH is 2. The van der Waals surface area contributed by atoms with Gasteiger partial charge in [0.15, 0.2) is 0 Å². The van der Waals surface area contributed by atoms with Crippen LogP contribution in [-0.2, 0) is 45.2 Å². The van der Waals surface area contributed by atoms with Crippen LogP contribution in [0.1, 0.15) is 23.2 Å². The molecule has 5 rings (SSSR count). The molecule has 1 aromatic carbocycles. The van der Waals surface area contributed by atoms with Crippen molar-refractivity contribution in [2.45, 2.75) is 49.2 Å². The zero-order chi connectivity index (χ0) is 30.9. The maximum Gasteiger partial charge on any atom is 0.417 e. The fourth-order valence-corrected chi connectivity index (χ4v) is 7.53. The first kappa shape index (κ1) is 32.2. The first-order valence-corrected chi connectivity index (χ1v) is 16.9. The number of ether oxygens (including phenoxy) is 1. The van der Waals surface area contributed by atoms with Gasteiger partial charge in [-0.3, -0.25) is 14.4 Å². The van der Waals surface area contributed by atoms with Crippen LogP contribution in [0.5, 0.6) is 0 Å². The molecule has 2 N–H and O–H groups in total. The number of hydrogen-bond acceptors (Lipinski definition) is 9. The van der Waals surface area contributed by atoms with E-state index in [1.165, 1.54) is 16.4 Å². The SMILES string of the molecule is CS(=O)(=O)N1CCc2c(c(-c3ccc(C(F)(F)F)c(SCC(=O)N4CCOCC4)c3)nn2CC(O)CN2CC[C@H](O)C2)C1. The normalized spacial score (nSPS) is 21.3. The average Bonchev–Trinajstić information content (AvgIpc) is 3.53. The molecule has 11 nitrogen and oxygen atoms in total. The Kier molecular flexibility index (Phi) is 9.75. The van der Waals surface area contributed by atoms with Gasteiger partial charge in [0.2, 0.25) is 15.9 Å². The van der Waals surface area contributed by atoms with Gasteiger partial charge in [0, 0.05) is 74.0 Å². The lowest BCUT2D eigenvalue weighted by Gasteiger charge is -2.27. The van der Waals surface area contributed by atoms with Gasteiger partial charge in [-0.1, -0.05) is 6.07 Å². The number of sulfonamides is 1. The van der Waals surface area contributed by atoms with Gasteiger partial charge in [0.25, 0.3) is 0 Å². The Morgan fingerprint density at radius 2 is 1.93 bits per heavy atom. The van der Waals surface area contributed by atoms with Gasteiger partial charge >= 0.3 is 6.18 Å². The lowest BCUT2D eigenvalue weighted by atomic mass is 10.0. The lowest BCUT2D eigenvalue weighted by molar-refractivity contribution is -0.139. The maximum absolute atomic E-state index is 14.0. The van der Waals surface area contributed by atoms with Crippen molar-refractivity contribution >= 4 is 27.7 Å². The van der Waals surface area contributed by atoms with Crippen molar-refractivity contribution in [3.05, 3.63) is 35.0 Å². The molecule has 2 aromatic rings. The third kappa shape index (κ3) is 7.72. The zero-order valence-corrected chi connectivity index (χ0v) is 25.4. The summed E-state index contributed by atoms with van der Waals surface area (Å²) in [7, 11) is -3.55. The summed E-state index contributed by atoms with van der Waals surface area (Å²) in [6, 6.07) is 3.63. The largest absolute Gasteiger partial charge is 0.417 e. The number of morpholine rings is 1. The van der Waals surface area contributed by atoms with E-state index in [-0.39, 0.29) is 36.2 Å². The fourth-order valence-electron chi connectivity index (χ4n) is 5.73. The molecule has 3 aliphatic rings. The van der Waals surface area contributed by atoms with Crippen molar-refractivity contribution in [2.24, 2.45) is 0 Å². The fraction of sp³-hybridized carbons (Fsp3) is 0.630. The molecule has 0 bridgehead atoms. The first-order chi connectivity index (χ1) is 20.3. The molecule has 0 aliphatic carbocycles. The highest BCUT2D eigenvalue weighted by atomic mass is 32.2. The molecule has 43 heavy (non-hydrogen) atoms. The van der Waals surface area contributed by atoms with Gasteiger partial charge in [-0.05, 0) is 18.6 Å². The average molecular weight is 648 g/mol. The number of nitrogens with zero attached hydrogens (tertiary/aromatic N) is 5. The van der Waals surface area contributed by atoms with Gasteiger partial charge in [0.1, 0.15) is 0 Å². The Morgan fingerprint density at radius 1 is 1.19 bits per heavy atom. The second kappa shape index (κ2) is 13.0. The second-order valence-corrected chi connectivity index (χ2v) is 14.1. The van der Waals surface area contributed by atoms with E-state index in [0.717, 1.165) is 24.1 Å². The van der Waals surface area contributed by atoms with Gasteiger partial charge in [-0.25, -0.2) is 8.42 Å². The van der Waals surface area contributed by atoms with E-state index in [9.17, 15) is 36.6 Å². The number of carbonyl (C=O) groups excluding carboxylic acids is 1. The summed E-state index contributed by atoms with van der Waals surface area (Å²) >= 11 is 0.803. The molecule has 16 heteroatoms. The summed E-state index contributed by atoms with van der Waals surface area (Å²) in [4.78, 5) is 16.1. The number of alkyl halides is 3. The molecule has 4 heterocycles. The first-order valence-electron chi connectivity index (χ1n) is 14.1. The van der Waals surface area contributed by atoms with E-state index >= 15 is 0 Å². The third-order valence-electron chi connectivity index (χ3n) is 7.94. The van der Waals surface area contributed by atoms with Crippen LogP contribution in [0, 0.1) is 0 Å². The van der Waals surface area contributed by atoms with Crippen molar-refractivity contribution < 1.29 is 41.3 Å². The summed E-state index contributed by atoms with van der Waals surface area (Å²) in [6.45, 7) is 3.28. The molecule has 2 fully saturated rings. The highest BCUT2D eigenvalue weighted by molar-refractivity contribution is 8.00. The van der Waals surface area contributed by atoms with Crippen LogP contribution in [0.2, 0.25) is 0 Å². The van der Waals surface area contributed by atoms with Crippen LogP contribution < -0.4 is 0 Å². The molecular formula is C27H36F3N5O6S2. The number of rotatable bonds is 9. The van der Waals surface area contributed by atoms with E-state index in [2.05, 4.69) is 0 Å². The highest BCUT2D eigenvalue weighted by Crippen LogP contribution is 2.40. The summed E-state index contributed by atoms with van der Waals surface area (Å²) in [5.74, 6) is -0.463. The Labute approximate surface area is 252 Å². The topological polar surface area (TPSA) is 128 Å². The zero-order valence-electron chi connectivity index (χ0n) is 23.8. The van der Waals surface area contributed by atoms with Crippen LogP contribution in [0.3, 0.4) is 0 Å². The van der Waals surface area contributed by atoms with E-state index in [4.69, 9.17) is 9.84 Å². The summed E-state index contributed by atoms with van der Waals surface area (Å²) in [5.41, 5.74) is 1.11. The van der Waals surface area contributed by atoms with Crippen molar-refractivity contribution in [3.8, 4) is 11.3 Å². The molecule has 0 radical (unpaired) electrons. The van der Waals surface area contributed by atoms with Gasteiger partial charge < -0.3 is 19.8 Å². The van der Waals surface area contributed by atoms with E-state index in [1.54, 1.807) is 9.58 Å². The van der Waals surface area contributed by atoms with Crippen LogP contribution in [-0.4, -0.2) is 125 Å². The molecule has 0 spiro atoms. The molecule has 1 aromatic heterocycles. The Balaban J connectivity index is 1.46. The predicted molar refractivity (Wildman–Crippen MR) is 153 cm³/mol. The summed E-state index contributed by atoms with van der Waals surface area (Å²) < 4.78 is 74.9. The molecule has 238 valence electrons. The van der Waals surface area contributed by atoms with Crippen LogP contribution in [0.15, 0.2) is 23.1 Å². The van der Waals surface area contributed by atoms with Crippen LogP contribution in [0.25, 0.3) is 11.3 Å². The van der Waals surface area contributed by atoms with Crippen LogP contribution >= 0.6 is 11.8 Å². The van der Waals surface area contributed by atoms with Crippen molar-refractivity contribution in [3.63, 3.8) is 0 Å². The van der Waals surface area contributed by atoms with Crippen molar-refractivity contribution in [1.82, 2.24) is 23.9 Å². The lowest BCUT2D eigenvalue weighted by Crippen LogP contribution is -2.41. The van der Waals surface area contributed by atoms with Crippen molar-refractivity contribution in [2.75, 3.05) is 64.5 Å². The number of aliphatic hydroxyl groups is 2. The van der Waals surface area contributed by atoms with E-state index in [1.807, 2.05) is 4.90 Å². The Morgan fingerprint density at radius 3 is 2.58 bits per heavy atom. The van der Waals surface area contributed by atoms with Gasteiger partial charge in [-0.2, -0.15) is 22.6 Å². The summed E-state index contributed by atoms with van der Waals surface area (Å²) in [5, 5.41) is 25.4. The number of thioether (sulfide) groups is 1. The predicted octanol–water partition coefficient (Wildman–Crippen LogP) is 1.26. The van der Waals surface area contributed by atoms with Gasteiger partial charge in [0.05, 0.1) is 55.2 Å². The number of β-amino-alcohol motifs (C(OH)–C–C–N with tert-alkyl or cyclic N) is 2. The molecular weight excluding hydrogens is 611 g/mol. The molecule has 2 atom stereocenters. The standard InChI is InChI=1S/C27H36F3N5O6S2/c1-43(39,40)34-7-5-23-21(16-34)26(31-35(23)15-20(37)14-32-6-4-19(36)13-32)18-2-3-22(27(28,29)30)24(12-18)42-17-25(38)33-8-10-41-11-9-33/h2-3,12,19-20,36-37H,4-11,13-17H2,1H3/t19-,20?/m0/s1. The number of halogens is 3. The molecule has 2 saturated heterocycles. The molecule has 1 unspecified atom stereocenters. The monoisotopic (exact) mass is 647 g/mol. The molecule has 1 amide bonds.